The predicted octanol–water partition coefficient (Wildman–Crippen LogP) is 21.2. The molecule has 0 aromatic heterocycles. The van der Waals surface area contributed by atoms with Crippen molar-refractivity contribution < 1.29 is 0 Å². The normalized spacial score (nSPS) is 11.1. The molecule has 0 aliphatic heterocycles. The second-order valence-corrected chi connectivity index (χ2v) is 19.3. The van der Waals surface area contributed by atoms with Crippen LogP contribution in [0.5, 0.6) is 0 Å². The van der Waals surface area contributed by atoms with Crippen molar-refractivity contribution in [3.05, 3.63) is 328 Å². The zero-order valence-corrected chi connectivity index (χ0v) is 43.0. The topological polar surface area (TPSA) is 13.0 Å². The molecule has 0 heterocycles. The number of hydrogen-bond donors (Lipinski definition) is 0. The molecular weight excluding hydrogens is 945 g/mol. The molecule has 0 unspecified atom stereocenters. The summed E-state index contributed by atoms with van der Waals surface area (Å²) in [7, 11) is 0. The summed E-state index contributed by atoms with van der Waals surface area (Å²) in [6.07, 6.45) is 0. The highest BCUT2D eigenvalue weighted by atomic mass is 15.2. The van der Waals surface area contributed by atoms with Crippen LogP contribution in [0.2, 0.25) is 0 Å². The Hall–Kier alpha value is -10.4. The van der Waals surface area contributed by atoms with Gasteiger partial charge in [0.15, 0.2) is 0 Å². The van der Waals surface area contributed by atoms with E-state index in [2.05, 4.69) is 347 Å². The van der Waals surface area contributed by atoms with Crippen molar-refractivity contribution in [1.29, 1.82) is 0 Å². The molecule has 4 heteroatoms. The molecule has 370 valence electrons. The lowest BCUT2D eigenvalue weighted by atomic mass is 9.87. The number of benzene rings is 13. The molecule has 0 atom stereocenters. The van der Waals surface area contributed by atoms with Gasteiger partial charge in [-0.25, -0.2) is 0 Å². The average Bonchev–Trinajstić information content (AvgIpc) is 3.71. The van der Waals surface area contributed by atoms with E-state index in [1.54, 1.807) is 0 Å². The summed E-state index contributed by atoms with van der Waals surface area (Å²) in [5.74, 6) is 0. The van der Waals surface area contributed by atoms with Crippen LogP contribution in [0.3, 0.4) is 0 Å². The fourth-order valence-electron chi connectivity index (χ4n) is 11.1. The first-order chi connectivity index (χ1) is 38.8. The fourth-order valence-corrected chi connectivity index (χ4v) is 11.1. The fraction of sp³-hybridized carbons (Fsp3) is 0. The first-order valence-corrected chi connectivity index (χ1v) is 26.6. The van der Waals surface area contributed by atoms with E-state index >= 15 is 0 Å². The predicted molar refractivity (Wildman–Crippen MR) is 331 cm³/mol. The van der Waals surface area contributed by atoms with Crippen molar-refractivity contribution in [2.45, 2.75) is 0 Å². The van der Waals surface area contributed by atoms with Crippen LogP contribution in [-0.4, -0.2) is 0 Å². The monoisotopic (exact) mass is 998 g/mol. The van der Waals surface area contributed by atoms with Gasteiger partial charge in [0.2, 0.25) is 0 Å². The quantitative estimate of drug-likeness (QED) is 0.0795. The van der Waals surface area contributed by atoms with Crippen molar-refractivity contribution in [2.75, 3.05) is 19.6 Å². The molecule has 0 fully saturated rings. The molecule has 0 amide bonds. The van der Waals surface area contributed by atoms with Crippen LogP contribution in [0.15, 0.2) is 328 Å². The first-order valence-electron chi connectivity index (χ1n) is 26.6. The highest BCUT2D eigenvalue weighted by Crippen LogP contribution is 2.55. The molecular formula is C74H54N4. The number of hydrogen-bond acceptors (Lipinski definition) is 4. The van der Waals surface area contributed by atoms with Gasteiger partial charge in [-0.1, -0.05) is 206 Å². The smallest absolute Gasteiger partial charge is 0.0626 e. The average molecular weight is 999 g/mol. The van der Waals surface area contributed by atoms with Gasteiger partial charge in [-0.3, -0.25) is 0 Å². The Balaban J connectivity index is 1.12. The Morgan fingerprint density at radius 2 is 0.359 bits per heavy atom. The van der Waals surface area contributed by atoms with Crippen LogP contribution in [0.25, 0.3) is 43.8 Å². The maximum Gasteiger partial charge on any atom is 0.0626 e. The summed E-state index contributed by atoms with van der Waals surface area (Å²) < 4.78 is 0. The third-order valence-electron chi connectivity index (χ3n) is 14.5. The van der Waals surface area contributed by atoms with Gasteiger partial charge in [-0.15, -0.1) is 0 Å². The van der Waals surface area contributed by atoms with Gasteiger partial charge in [-0.05, 0) is 144 Å². The largest absolute Gasteiger partial charge is 0.311 e. The van der Waals surface area contributed by atoms with Crippen LogP contribution in [0.1, 0.15) is 0 Å². The maximum atomic E-state index is 2.47. The van der Waals surface area contributed by atoms with E-state index in [1.165, 1.54) is 0 Å². The van der Waals surface area contributed by atoms with Gasteiger partial charge in [0.25, 0.3) is 0 Å². The van der Waals surface area contributed by atoms with Gasteiger partial charge in [0, 0.05) is 78.4 Å². The molecule has 13 aromatic rings. The van der Waals surface area contributed by atoms with E-state index in [0.717, 1.165) is 112 Å². The van der Waals surface area contributed by atoms with Crippen molar-refractivity contribution in [1.82, 2.24) is 0 Å². The SMILES string of the molecule is c1ccc(N(c2ccccc2)c2ccc(-c3cccc4c(N(c5ccccc5)c5ccccc5)c5c(-c6ccc(N(c7ccccc7)c7ccccc7)cc6)cccc5c(N(c5ccccc5)c5ccccc5)c34)cc2)cc1. The standard InChI is InChI=1S/C74H54N4/c1-9-27-57(28-10-1)75(58-29-11-2-12-30-58)65-51-47-55(48-52-65)67-43-25-45-69-71(67)73(77(61-35-17-5-18-36-61)62-37-19-6-20-38-62)70-46-26-44-68(72(70)74(69)78(63-39-21-7-22-40-63)64-41-23-8-24-42-64)56-49-53-66(54-50-56)76(59-31-13-3-14-32-59)60-33-15-4-16-34-60/h1-54H. The minimum Gasteiger partial charge on any atom is -0.311 e. The summed E-state index contributed by atoms with van der Waals surface area (Å²) in [6.45, 7) is 0. The molecule has 0 saturated heterocycles. The molecule has 0 spiro atoms. The van der Waals surface area contributed by atoms with Crippen LogP contribution in [0, 0.1) is 0 Å². The third kappa shape index (κ3) is 9.08. The lowest BCUT2D eigenvalue weighted by Gasteiger charge is -2.34. The van der Waals surface area contributed by atoms with Crippen molar-refractivity contribution >= 4 is 89.8 Å². The Kier molecular flexibility index (Phi) is 13.0. The van der Waals surface area contributed by atoms with Crippen molar-refractivity contribution in [2.24, 2.45) is 0 Å². The van der Waals surface area contributed by atoms with E-state index < -0.39 is 0 Å². The first kappa shape index (κ1) is 47.3. The zero-order valence-electron chi connectivity index (χ0n) is 43.0. The van der Waals surface area contributed by atoms with E-state index in [0.29, 0.717) is 0 Å². The minimum absolute atomic E-state index is 1.06. The molecule has 0 N–H and O–H groups in total. The molecule has 0 bridgehead atoms. The van der Waals surface area contributed by atoms with Crippen LogP contribution < -0.4 is 19.6 Å². The summed E-state index contributed by atoms with van der Waals surface area (Å²) in [4.78, 5) is 9.59. The van der Waals surface area contributed by atoms with E-state index in [9.17, 15) is 0 Å². The Morgan fingerprint density at radius 3 is 0.590 bits per heavy atom. The molecule has 0 aliphatic rings. The van der Waals surface area contributed by atoms with Crippen LogP contribution >= 0.6 is 0 Å². The molecule has 13 aromatic carbocycles. The second-order valence-electron chi connectivity index (χ2n) is 19.3. The summed E-state index contributed by atoms with van der Waals surface area (Å²) in [5.41, 5.74) is 17.4. The molecule has 0 saturated carbocycles. The number of para-hydroxylation sites is 8. The molecule has 4 nitrogen and oxygen atoms in total. The zero-order chi connectivity index (χ0) is 52.0. The third-order valence-corrected chi connectivity index (χ3v) is 14.5. The summed E-state index contributed by atoms with van der Waals surface area (Å²) in [6, 6.07) is 118. The second kappa shape index (κ2) is 21.4. The molecule has 78 heavy (non-hydrogen) atoms. The number of rotatable bonds is 14. The van der Waals surface area contributed by atoms with E-state index in [4.69, 9.17) is 0 Å². The van der Waals surface area contributed by atoms with E-state index in [1.807, 2.05) is 0 Å². The van der Waals surface area contributed by atoms with Crippen LogP contribution in [-0.2, 0) is 0 Å². The highest BCUT2D eigenvalue weighted by Gasteiger charge is 2.29. The molecule has 0 radical (unpaired) electrons. The van der Waals surface area contributed by atoms with Gasteiger partial charge in [0.1, 0.15) is 0 Å². The van der Waals surface area contributed by atoms with Crippen molar-refractivity contribution in [3.8, 4) is 22.3 Å². The van der Waals surface area contributed by atoms with Crippen molar-refractivity contribution in [3.63, 3.8) is 0 Å². The lowest BCUT2D eigenvalue weighted by Crippen LogP contribution is -2.15. The number of nitrogens with zero attached hydrogens (tertiary/aromatic N) is 4. The van der Waals surface area contributed by atoms with Crippen LogP contribution in [0.4, 0.5) is 68.2 Å². The Labute approximate surface area is 456 Å². The summed E-state index contributed by atoms with van der Waals surface area (Å²) >= 11 is 0. The van der Waals surface area contributed by atoms with Gasteiger partial charge < -0.3 is 19.6 Å². The maximum absolute atomic E-state index is 2.47. The summed E-state index contributed by atoms with van der Waals surface area (Å²) in [5, 5.41) is 4.49. The Morgan fingerprint density at radius 1 is 0.154 bits per heavy atom. The minimum atomic E-state index is 1.06. The number of anilines is 12. The van der Waals surface area contributed by atoms with Gasteiger partial charge in [0.05, 0.1) is 11.4 Å². The Bertz CT molecular complexity index is 3660. The number of fused-ring (bicyclic) bond motifs is 2. The lowest BCUT2D eigenvalue weighted by molar-refractivity contribution is 1.28. The van der Waals surface area contributed by atoms with E-state index in [-0.39, 0.29) is 0 Å². The molecule has 0 aliphatic carbocycles. The van der Waals surface area contributed by atoms with Gasteiger partial charge in [-0.2, -0.15) is 0 Å². The highest BCUT2D eigenvalue weighted by molar-refractivity contribution is 6.29. The molecule has 13 rings (SSSR count). The van der Waals surface area contributed by atoms with Gasteiger partial charge >= 0.3 is 0 Å².